The summed E-state index contributed by atoms with van der Waals surface area (Å²) in [6.45, 7) is 0.245. The van der Waals surface area contributed by atoms with Gasteiger partial charge in [0.15, 0.2) is 0 Å². The number of hydrogen-bond donors (Lipinski definition) is 1. The molecule has 2 amide bonds. The fourth-order valence-corrected chi connectivity index (χ4v) is 3.88. The fourth-order valence-electron chi connectivity index (χ4n) is 3.88. The van der Waals surface area contributed by atoms with Crippen LogP contribution in [0.1, 0.15) is 22.7 Å². The number of amides is 2. The van der Waals surface area contributed by atoms with Gasteiger partial charge in [-0.3, -0.25) is 14.6 Å². The van der Waals surface area contributed by atoms with Crippen molar-refractivity contribution in [3.63, 3.8) is 0 Å². The number of pyridine rings is 1. The van der Waals surface area contributed by atoms with E-state index in [1.54, 1.807) is 48.7 Å². The van der Waals surface area contributed by atoms with Crippen LogP contribution in [0, 0.1) is 0 Å². The molecule has 4 aromatic rings. The van der Waals surface area contributed by atoms with Crippen LogP contribution in [0.25, 0.3) is 0 Å². The van der Waals surface area contributed by atoms with Gasteiger partial charge in [0.2, 0.25) is 5.91 Å². The highest BCUT2D eigenvalue weighted by Crippen LogP contribution is 2.27. The summed E-state index contributed by atoms with van der Waals surface area (Å²) in [5.41, 5.74) is 3.07. The van der Waals surface area contributed by atoms with Gasteiger partial charge in [0.25, 0.3) is 5.91 Å². The summed E-state index contributed by atoms with van der Waals surface area (Å²) < 4.78 is 5.21. The molecule has 1 heterocycles. The van der Waals surface area contributed by atoms with Crippen molar-refractivity contribution in [2.45, 2.75) is 19.0 Å². The molecule has 35 heavy (non-hydrogen) atoms. The van der Waals surface area contributed by atoms with E-state index in [-0.39, 0.29) is 24.8 Å². The molecule has 0 fully saturated rings. The van der Waals surface area contributed by atoms with Crippen LogP contribution in [0.3, 0.4) is 0 Å². The van der Waals surface area contributed by atoms with Gasteiger partial charge in [-0.05, 0) is 47.0 Å². The van der Waals surface area contributed by atoms with Crippen LogP contribution < -0.4 is 10.1 Å². The summed E-state index contributed by atoms with van der Waals surface area (Å²) in [5, 5.41) is 2.97. The van der Waals surface area contributed by atoms with Crippen LogP contribution in [0.2, 0.25) is 0 Å². The Morgan fingerprint density at radius 1 is 0.857 bits per heavy atom. The number of methoxy groups -OCH3 is 1. The summed E-state index contributed by atoms with van der Waals surface area (Å²) in [6.07, 6.45) is 3.58. The summed E-state index contributed by atoms with van der Waals surface area (Å²) in [4.78, 5) is 33.2. The number of nitrogens with one attached hydrogen (secondary N) is 1. The monoisotopic (exact) mass is 465 g/mol. The van der Waals surface area contributed by atoms with E-state index in [0.29, 0.717) is 11.4 Å². The van der Waals surface area contributed by atoms with E-state index in [0.717, 1.165) is 16.7 Å². The van der Waals surface area contributed by atoms with Gasteiger partial charge in [0.1, 0.15) is 11.8 Å². The Balaban J connectivity index is 1.69. The Bertz CT molecular complexity index is 1230. The summed E-state index contributed by atoms with van der Waals surface area (Å²) >= 11 is 0. The summed E-state index contributed by atoms with van der Waals surface area (Å²) in [7, 11) is 1.59. The molecule has 0 spiro atoms. The van der Waals surface area contributed by atoms with Crippen LogP contribution in [-0.2, 0) is 22.6 Å². The second-order valence-electron chi connectivity index (χ2n) is 8.08. The lowest BCUT2D eigenvalue weighted by Gasteiger charge is -2.31. The van der Waals surface area contributed by atoms with Crippen molar-refractivity contribution in [3.8, 4) is 5.75 Å². The molecule has 0 bridgehead atoms. The van der Waals surface area contributed by atoms with E-state index in [1.807, 2.05) is 72.8 Å². The first-order valence-corrected chi connectivity index (χ1v) is 11.4. The smallest absolute Gasteiger partial charge is 0.251 e. The summed E-state index contributed by atoms with van der Waals surface area (Å²) in [6, 6.07) is 28.9. The average molecular weight is 466 g/mol. The predicted molar refractivity (Wildman–Crippen MR) is 136 cm³/mol. The largest absolute Gasteiger partial charge is 0.497 e. The second-order valence-corrected chi connectivity index (χ2v) is 8.08. The highest BCUT2D eigenvalue weighted by Gasteiger charge is 2.31. The first-order valence-electron chi connectivity index (χ1n) is 11.4. The zero-order valence-corrected chi connectivity index (χ0v) is 19.5. The van der Waals surface area contributed by atoms with Crippen molar-refractivity contribution < 1.29 is 14.3 Å². The molecule has 0 aliphatic carbocycles. The third kappa shape index (κ3) is 6.32. The second kappa shape index (κ2) is 11.6. The highest BCUT2D eigenvalue weighted by molar-refractivity contribution is 5.98. The van der Waals surface area contributed by atoms with Crippen LogP contribution in [0.4, 0.5) is 5.69 Å². The van der Waals surface area contributed by atoms with Gasteiger partial charge < -0.3 is 15.0 Å². The van der Waals surface area contributed by atoms with Crippen molar-refractivity contribution in [2.24, 2.45) is 0 Å². The van der Waals surface area contributed by atoms with Crippen molar-refractivity contribution in [1.82, 2.24) is 9.88 Å². The number of carbonyl (C=O) groups excluding carboxylic acids is 2. The zero-order valence-electron chi connectivity index (χ0n) is 19.5. The van der Waals surface area contributed by atoms with Gasteiger partial charge in [-0.2, -0.15) is 0 Å². The highest BCUT2D eigenvalue weighted by atomic mass is 16.5. The first-order chi connectivity index (χ1) is 17.1. The zero-order chi connectivity index (χ0) is 24.5. The number of anilines is 1. The average Bonchev–Trinajstić information content (AvgIpc) is 2.90. The third-order valence-corrected chi connectivity index (χ3v) is 5.63. The van der Waals surface area contributed by atoms with Gasteiger partial charge in [-0.15, -0.1) is 0 Å². The molecule has 1 aromatic heterocycles. The van der Waals surface area contributed by atoms with Crippen LogP contribution >= 0.6 is 0 Å². The maximum atomic E-state index is 13.7. The minimum Gasteiger partial charge on any atom is -0.497 e. The Kier molecular flexibility index (Phi) is 7.86. The topological polar surface area (TPSA) is 71.5 Å². The SMILES string of the molecule is COc1ccc(NC(=O)C(c2ccccc2)N(Cc2cccnc2)C(=O)Cc2ccccc2)cc1. The lowest BCUT2D eigenvalue weighted by atomic mass is 10.0. The third-order valence-electron chi connectivity index (χ3n) is 5.63. The molecular formula is C29H27N3O3. The van der Waals surface area contributed by atoms with E-state index in [4.69, 9.17) is 4.74 Å². The van der Waals surface area contributed by atoms with E-state index in [1.165, 1.54) is 0 Å². The molecule has 1 N–H and O–H groups in total. The van der Waals surface area contributed by atoms with Gasteiger partial charge >= 0.3 is 0 Å². The number of carbonyl (C=O) groups is 2. The molecule has 0 aliphatic rings. The molecule has 6 heteroatoms. The maximum absolute atomic E-state index is 13.7. The number of benzene rings is 3. The molecular weight excluding hydrogens is 438 g/mol. The molecule has 176 valence electrons. The Morgan fingerprint density at radius 3 is 2.14 bits per heavy atom. The van der Waals surface area contributed by atoms with E-state index in [2.05, 4.69) is 10.3 Å². The van der Waals surface area contributed by atoms with E-state index >= 15 is 0 Å². The van der Waals surface area contributed by atoms with Gasteiger partial charge in [-0.1, -0.05) is 66.7 Å². The molecule has 0 saturated heterocycles. The molecule has 6 nitrogen and oxygen atoms in total. The Hall–Kier alpha value is -4.45. The van der Waals surface area contributed by atoms with Crippen molar-refractivity contribution in [3.05, 3.63) is 126 Å². The Labute approximate surface area is 205 Å². The molecule has 1 unspecified atom stereocenters. The van der Waals surface area contributed by atoms with Crippen LogP contribution in [0.15, 0.2) is 109 Å². The number of aromatic nitrogens is 1. The van der Waals surface area contributed by atoms with Gasteiger partial charge in [0.05, 0.1) is 13.5 Å². The lowest BCUT2D eigenvalue weighted by molar-refractivity contribution is -0.139. The number of nitrogens with zero attached hydrogens (tertiary/aromatic N) is 2. The van der Waals surface area contributed by atoms with Crippen molar-refractivity contribution in [1.29, 1.82) is 0 Å². The first kappa shape index (κ1) is 23.7. The van der Waals surface area contributed by atoms with E-state index in [9.17, 15) is 9.59 Å². The molecule has 0 radical (unpaired) electrons. The molecule has 0 aliphatic heterocycles. The number of ether oxygens (including phenoxy) is 1. The van der Waals surface area contributed by atoms with Gasteiger partial charge in [-0.25, -0.2) is 0 Å². The predicted octanol–water partition coefficient (Wildman–Crippen LogP) is 5.04. The number of hydrogen-bond acceptors (Lipinski definition) is 4. The normalized spacial score (nSPS) is 11.3. The quantitative estimate of drug-likeness (QED) is 0.376. The van der Waals surface area contributed by atoms with Crippen molar-refractivity contribution in [2.75, 3.05) is 12.4 Å². The maximum Gasteiger partial charge on any atom is 0.251 e. The molecule has 4 rings (SSSR count). The van der Waals surface area contributed by atoms with Crippen molar-refractivity contribution >= 4 is 17.5 Å². The fraction of sp³-hybridized carbons (Fsp3) is 0.138. The van der Waals surface area contributed by atoms with Crippen LogP contribution in [0.5, 0.6) is 5.75 Å². The standard InChI is InChI=1S/C29H27N3O3/c1-35-26-16-14-25(15-17-26)31-29(34)28(24-12-6-3-7-13-24)32(21-23-11-8-18-30-20-23)27(33)19-22-9-4-2-5-10-22/h2-18,20,28H,19,21H2,1H3,(H,31,34). The van der Waals surface area contributed by atoms with E-state index < -0.39 is 6.04 Å². The lowest BCUT2D eigenvalue weighted by Crippen LogP contribution is -2.41. The Morgan fingerprint density at radius 2 is 1.51 bits per heavy atom. The number of rotatable bonds is 9. The molecule has 3 aromatic carbocycles. The summed E-state index contributed by atoms with van der Waals surface area (Å²) in [5.74, 6) is 0.240. The van der Waals surface area contributed by atoms with Gasteiger partial charge in [0, 0.05) is 24.6 Å². The van der Waals surface area contributed by atoms with Crippen LogP contribution in [-0.4, -0.2) is 28.8 Å². The minimum absolute atomic E-state index is 0.154. The minimum atomic E-state index is -0.838. The molecule has 0 saturated carbocycles. The molecule has 1 atom stereocenters.